The third-order valence-electron chi connectivity index (χ3n) is 9.04. The molecule has 0 radical (unpaired) electrons. The van der Waals surface area contributed by atoms with Crippen LogP contribution in [0.4, 0.5) is 4.79 Å². The van der Waals surface area contributed by atoms with E-state index < -0.39 is 0 Å². The Hall–Kier alpha value is -1.34. The van der Waals surface area contributed by atoms with Crippen molar-refractivity contribution in [2.45, 2.75) is 109 Å². The molecule has 5 aliphatic rings. The number of hydrogen-bond acceptors (Lipinski definition) is 5. The second-order valence-electron chi connectivity index (χ2n) is 11.3. The SMILES string of the molecule is CC(=O)N1C2CCC(C3CNN(C4CC4)C3)CC2N(C(=O)OC2CCCCC2C)C[C@@H]1C. The van der Waals surface area contributed by atoms with E-state index in [0.717, 1.165) is 57.7 Å². The Labute approximate surface area is 193 Å². The fraction of sp³-hybridized carbons (Fsp3) is 0.920. The number of nitrogens with zero attached hydrogens (tertiary/aromatic N) is 3. The average molecular weight is 447 g/mol. The highest BCUT2D eigenvalue weighted by atomic mass is 16.6. The summed E-state index contributed by atoms with van der Waals surface area (Å²) in [5.74, 6) is 1.82. The predicted octanol–water partition coefficient (Wildman–Crippen LogP) is 3.39. The Balaban J connectivity index is 1.30. The largest absolute Gasteiger partial charge is 0.446 e. The summed E-state index contributed by atoms with van der Waals surface area (Å²) in [6.45, 7) is 8.75. The summed E-state index contributed by atoms with van der Waals surface area (Å²) in [5, 5.41) is 2.46. The smallest absolute Gasteiger partial charge is 0.410 e. The molecule has 0 aromatic heterocycles. The molecular formula is C25H42N4O3. The van der Waals surface area contributed by atoms with E-state index in [4.69, 9.17) is 4.74 Å². The van der Waals surface area contributed by atoms with Crippen LogP contribution in [0.25, 0.3) is 0 Å². The Morgan fingerprint density at radius 3 is 2.41 bits per heavy atom. The molecule has 7 nitrogen and oxygen atoms in total. The van der Waals surface area contributed by atoms with Crippen molar-refractivity contribution in [1.29, 1.82) is 0 Å². The van der Waals surface area contributed by atoms with Crippen molar-refractivity contribution < 1.29 is 14.3 Å². The molecule has 0 aromatic carbocycles. The lowest BCUT2D eigenvalue weighted by atomic mass is 9.73. The van der Waals surface area contributed by atoms with Crippen LogP contribution in [0.15, 0.2) is 0 Å². The number of nitrogens with one attached hydrogen (secondary N) is 1. The molecule has 2 amide bonds. The molecule has 2 saturated heterocycles. The molecule has 32 heavy (non-hydrogen) atoms. The molecule has 2 heterocycles. The van der Waals surface area contributed by atoms with Gasteiger partial charge in [-0.1, -0.05) is 13.3 Å². The molecule has 0 bridgehead atoms. The zero-order valence-corrected chi connectivity index (χ0v) is 20.2. The minimum absolute atomic E-state index is 0.0418. The van der Waals surface area contributed by atoms with E-state index in [1.165, 1.54) is 19.3 Å². The van der Waals surface area contributed by atoms with E-state index >= 15 is 0 Å². The number of piperazine rings is 1. The molecular weight excluding hydrogens is 404 g/mol. The second kappa shape index (κ2) is 9.13. The number of ether oxygens (including phenoxy) is 1. The van der Waals surface area contributed by atoms with E-state index in [9.17, 15) is 9.59 Å². The molecule has 5 fully saturated rings. The number of amides is 2. The van der Waals surface area contributed by atoms with E-state index in [1.54, 1.807) is 6.92 Å². The minimum Gasteiger partial charge on any atom is -0.446 e. The first kappa shape index (κ1) is 22.5. The summed E-state index contributed by atoms with van der Waals surface area (Å²) in [4.78, 5) is 30.1. The third kappa shape index (κ3) is 4.39. The maximum Gasteiger partial charge on any atom is 0.410 e. The average Bonchev–Trinajstić information content (AvgIpc) is 3.50. The van der Waals surface area contributed by atoms with Crippen molar-refractivity contribution in [2.24, 2.45) is 17.8 Å². The first-order valence-electron chi connectivity index (χ1n) is 13.2. The molecule has 1 N–H and O–H groups in total. The van der Waals surface area contributed by atoms with Gasteiger partial charge in [-0.05, 0) is 76.0 Å². The summed E-state index contributed by atoms with van der Waals surface area (Å²) >= 11 is 0. The van der Waals surface area contributed by atoms with Crippen LogP contribution in [0, 0.1) is 17.8 Å². The number of rotatable bonds is 3. The normalized spacial score (nSPS) is 40.8. The minimum atomic E-state index is -0.140. The lowest BCUT2D eigenvalue weighted by Crippen LogP contribution is -2.67. The number of hydrogen-bond donors (Lipinski definition) is 1. The Morgan fingerprint density at radius 2 is 1.69 bits per heavy atom. The van der Waals surface area contributed by atoms with Gasteiger partial charge in [-0.25, -0.2) is 9.80 Å². The third-order valence-corrected chi connectivity index (χ3v) is 9.04. The molecule has 6 unspecified atom stereocenters. The molecule has 3 aliphatic carbocycles. The Kier molecular flexibility index (Phi) is 6.41. The molecule has 180 valence electrons. The zero-order valence-electron chi connectivity index (χ0n) is 20.2. The molecule has 0 aromatic rings. The summed E-state index contributed by atoms with van der Waals surface area (Å²) < 4.78 is 6.12. The van der Waals surface area contributed by atoms with Gasteiger partial charge in [0.1, 0.15) is 6.10 Å². The van der Waals surface area contributed by atoms with Crippen molar-refractivity contribution in [3.05, 3.63) is 0 Å². The van der Waals surface area contributed by atoms with Gasteiger partial charge in [-0.3, -0.25) is 10.2 Å². The van der Waals surface area contributed by atoms with E-state index in [0.29, 0.717) is 24.3 Å². The van der Waals surface area contributed by atoms with E-state index in [1.807, 2.05) is 4.90 Å². The lowest BCUT2D eigenvalue weighted by Gasteiger charge is -2.54. The van der Waals surface area contributed by atoms with Gasteiger partial charge in [-0.15, -0.1) is 0 Å². The van der Waals surface area contributed by atoms with Gasteiger partial charge in [0.15, 0.2) is 0 Å². The van der Waals surface area contributed by atoms with Crippen LogP contribution in [0.3, 0.4) is 0 Å². The standard InChI is InChI=1S/C25H42N4O3/c1-16-6-4-5-7-24(16)32-25(31)27-14-17(2)29(18(3)30)22-11-8-19(12-23(22)27)20-13-26-28(15-20)21-9-10-21/h16-17,19-24,26H,4-15H2,1-3H3/t16?,17-,19?,20?,22?,23?,24?/m0/s1. The summed E-state index contributed by atoms with van der Waals surface area (Å²) in [7, 11) is 0. The zero-order chi connectivity index (χ0) is 22.4. The quantitative estimate of drug-likeness (QED) is 0.720. The van der Waals surface area contributed by atoms with Crippen LogP contribution in [-0.2, 0) is 9.53 Å². The maximum atomic E-state index is 13.4. The Bertz CT molecular complexity index is 713. The summed E-state index contributed by atoms with van der Waals surface area (Å²) in [6, 6.07) is 0.983. The first-order chi connectivity index (χ1) is 15.4. The number of carbonyl (C=O) groups excluding carboxylic acids is 2. The number of carbonyl (C=O) groups is 2. The molecule has 7 heteroatoms. The van der Waals surface area contributed by atoms with Crippen molar-refractivity contribution in [1.82, 2.24) is 20.2 Å². The highest BCUT2D eigenvalue weighted by molar-refractivity contribution is 5.75. The highest BCUT2D eigenvalue weighted by Gasteiger charge is 2.49. The van der Waals surface area contributed by atoms with Gasteiger partial charge in [0, 0.05) is 38.6 Å². The van der Waals surface area contributed by atoms with Crippen LogP contribution in [0.1, 0.15) is 78.6 Å². The second-order valence-corrected chi connectivity index (χ2v) is 11.3. The van der Waals surface area contributed by atoms with E-state index in [-0.39, 0.29) is 36.2 Å². The summed E-state index contributed by atoms with van der Waals surface area (Å²) in [5.41, 5.74) is 3.63. The van der Waals surface area contributed by atoms with Crippen molar-refractivity contribution in [3.8, 4) is 0 Å². The fourth-order valence-corrected chi connectivity index (χ4v) is 7.09. The van der Waals surface area contributed by atoms with Crippen LogP contribution < -0.4 is 5.43 Å². The first-order valence-corrected chi connectivity index (χ1v) is 13.2. The van der Waals surface area contributed by atoms with Crippen LogP contribution in [0.2, 0.25) is 0 Å². The van der Waals surface area contributed by atoms with Gasteiger partial charge >= 0.3 is 6.09 Å². The molecule has 5 rings (SSSR count). The van der Waals surface area contributed by atoms with Crippen LogP contribution >= 0.6 is 0 Å². The predicted molar refractivity (Wildman–Crippen MR) is 123 cm³/mol. The molecule has 2 aliphatic heterocycles. The monoisotopic (exact) mass is 446 g/mol. The molecule has 7 atom stereocenters. The van der Waals surface area contributed by atoms with Crippen LogP contribution in [-0.4, -0.2) is 76.7 Å². The van der Waals surface area contributed by atoms with Gasteiger partial charge in [0.25, 0.3) is 0 Å². The van der Waals surface area contributed by atoms with Crippen LogP contribution in [0.5, 0.6) is 0 Å². The van der Waals surface area contributed by atoms with Gasteiger partial charge < -0.3 is 14.5 Å². The van der Waals surface area contributed by atoms with Gasteiger partial charge in [-0.2, -0.15) is 0 Å². The van der Waals surface area contributed by atoms with Gasteiger partial charge in [0.2, 0.25) is 5.91 Å². The van der Waals surface area contributed by atoms with Crippen molar-refractivity contribution in [3.63, 3.8) is 0 Å². The van der Waals surface area contributed by atoms with Crippen molar-refractivity contribution >= 4 is 12.0 Å². The van der Waals surface area contributed by atoms with Gasteiger partial charge in [0.05, 0.1) is 12.1 Å². The highest BCUT2D eigenvalue weighted by Crippen LogP contribution is 2.41. The Morgan fingerprint density at radius 1 is 0.906 bits per heavy atom. The van der Waals surface area contributed by atoms with Crippen molar-refractivity contribution in [2.75, 3.05) is 19.6 Å². The topological polar surface area (TPSA) is 65.1 Å². The fourth-order valence-electron chi connectivity index (χ4n) is 7.09. The van der Waals surface area contributed by atoms with E-state index in [2.05, 4.69) is 29.2 Å². The lowest BCUT2D eigenvalue weighted by molar-refractivity contribution is -0.143. The maximum absolute atomic E-state index is 13.4. The summed E-state index contributed by atoms with van der Waals surface area (Å²) in [6.07, 6.45) is 10.2. The molecule has 0 spiro atoms. The number of hydrazine groups is 1. The number of fused-ring (bicyclic) bond motifs is 1. The molecule has 3 saturated carbocycles.